The molecule has 0 spiro atoms. The van der Waals surface area contributed by atoms with Crippen LogP contribution in [0.15, 0.2) is 48.5 Å². The maximum Gasteiger partial charge on any atom is 0.312 e. The van der Waals surface area contributed by atoms with E-state index in [9.17, 15) is 4.79 Å². The lowest BCUT2D eigenvalue weighted by Crippen LogP contribution is -2.25. The smallest absolute Gasteiger partial charge is 0.312 e. The number of hydrogen-bond acceptors (Lipinski definition) is 2. The van der Waals surface area contributed by atoms with Gasteiger partial charge in [-0.15, -0.1) is 0 Å². The van der Waals surface area contributed by atoms with Crippen molar-refractivity contribution in [1.82, 2.24) is 0 Å². The lowest BCUT2D eigenvalue weighted by Gasteiger charge is -2.25. The second-order valence-electron chi connectivity index (χ2n) is 6.93. The lowest BCUT2D eigenvalue weighted by atomic mass is 9.94. The zero-order valence-corrected chi connectivity index (χ0v) is 13.4. The van der Waals surface area contributed by atoms with E-state index in [0.717, 1.165) is 24.0 Å². The summed E-state index contributed by atoms with van der Waals surface area (Å²) in [5, 5.41) is 0. The molecule has 0 unspecified atom stereocenters. The molecule has 0 N–H and O–H groups in total. The molecule has 114 valence electrons. The van der Waals surface area contributed by atoms with Crippen LogP contribution in [0.5, 0.6) is 0 Å². The van der Waals surface area contributed by atoms with Gasteiger partial charge in [0, 0.05) is 11.1 Å². The maximum absolute atomic E-state index is 12.4. The number of carbonyl (C=O) groups excluding carboxylic acids is 1. The number of benzene rings is 2. The molecular formula is C20H22O2. The largest absolute Gasteiger partial charge is 0.452 e. The molecule has 2 heteroatoms. The lowest BCUT2D eigenvalue weighted by molar-refractivity contribution is -0.157. The molecule has 2 aromatic rings. The molecule has 1 aliphatic rings. The average molecular weight is 294 g/mol. The third-order valence-corrected chi connectivity index (χ3v) is 4.18. The molecule has 2 aromatic carbocycles. The zero-order chi connectivity index (χ0) is 15.7. The Kier molecular flexibility index (Phi) is 3.78. The van der Waals surface area contributed by atoms with Crippen molar-refractivity contribution in [1.29, 1.82) is 0 Å². The average Bonchev–Trinajstić information content (AvgIpc) is 2.65. The SMILES string of the molecule is CC(C)(C)C(=O)OC1c2ccccc2CCc2ccccc21. The first-order chi connectivity index (χ1) is 10.5. The van der Waals surface area contributed by atoms with Crippen molar-refractivity contribution in [3.05, 3.63) is 70.8 Å². The molecule has 0 fully saturated rings. The standard InChI is InChI=1S/C20H22O2/c1-20(2,3)19(21)22-18-16-10-6-4-8-14(16)12-13-15-9-5-7-11-17(15)18/h4-11,18H,12-13H2,1-3H3. The Bertz CT molecular complexity index is 647. The first kappa shape index (κ1) is 14.8. The molecule has 2 nitrogen and oxygen atoms in total. The highest BCUT2D eigenvalue weighted by molar-refractivity contribution is 5.76. The van der Waals surface area contributed by atoms with Gasteiger partial charge in [-0.05, 0) is 44.7 Å². The van der Waals surface area contributed by atoms with Crippen LogP contribution in [-0.2, 0) is 22.4 Å². The summed E-state index contributed by atoms with van der Waals surface area (Å²) in [7, 11) is 0. The minimum absolute atomic E-state index is 0.163. The summed E-state index contributed by atoms with van der Waals surface area (Å²) < 4.78 is 5.95. The number of rotatable bonds is 1. The van der Waals surface area contributed by atoms with E-state index >= 15 is 0 Å². The molecule has 0 heterocycles. The Balaban J connectivity index is 2.08. The number of esters is 1. The van der Waals surface area contributed by atoms with E-state index in [1.54, 1.807) is 0 Å². The Labute approximate surface area is 132 Å². The van der Waals surface area contributed by atoms with Gasteiger partial charge in [-0.2, -0.15) is 0 Å². The molecule has 0 atom stereocenters. The summed E-state index contributed by atoms with van der Waals surface area (Å²) >= 11 is 0. The van der Waals surface area contributed by atoms with E-state index in [2.05, 4.69) is 36.4 Å². The van der Waals surface area contributed by atoms with Crippen LogP contribution >= 0.6 is 0 Å². The highest BCUT2D eigenvalue weighted by Crippen LogP contribution is 2.36. The molecule has 0 amide bonds. The van der Waals surface area contributed by atoms with Crippen LogP contribution in [0, 0.1) is 5.41 Å². The second kappa shape index (κ2) is 5.60. The van der Waals surface area contributed by atoms with E-state index in [0.29, 0.717) is 0 Å². The quantitative estimate of drug-likeness (QED) is 0.726. The van der Waals surface area contributed by atoms with Gasteiger partial charge in [0.25, 0.3) is 0 Å². The fourth-order valence-corrected chi connectivity index (χ4v) is 2.88. The van der Waals surface area contributed by atoms with Crippen LogP contribution < -0.4 is 0 Å². The van der Waals surface area contributed by atoms with Gasteiger partial charge in [0.05, 0.1) is 5.41 Å². The van der Waals surface area contributed by atoms with Gasteiger partial charge in [0.2, 0.25) is 0 Å². The molecule has 0 saturated heterocycles. The molecule has 1 aliphatic carbocycles. The van der Waals surface area contributed by atoms with E-state index in [1.165, 1.54) is 11.1 Å². The van der Waals surface area contributed by atoms with Gasteiger partial charge in [-0.3, -0.25) is 4.79 Å². The minimum Gasteiger partial charge on any atom is -0.452 e. The fourth-order valence-electron chi connectivity index (χ4n) is 2.88. The Morgan fingerprint density at radius 3 is 1.82 bits per heavy atom. The van der Waals surface area contributed by atoms with Crippen molar-refractivity contribution in [2.75, 3.05) is 0 Å². The molecule has 0 bridgehead atoms. The summed E-state index contributed by atoms with van der Waals surface area (Å²) in [6.45, 7) is 5.68. The Morgan fingerprint density at radius 1 is 0.909 bits per heavy atom. The summed E-state index contributed by atoms with van der Waals surface area (Å²) in [6.07, 6.45) is 1.66. The van der Waals surface area contributed by atoms with E-state index < -0.39 is 5.41 Å². The van der Waals surface area contributed by atoms with Crippen molar-refractivity contribution < 1.29 is 9.53 Å². The summed E-state index contributed by atoms with van der Waals surface area (Å²) in [6, 6.07) is 16.6. The Morgan fingerprint density at radius 2 is 1.36 bits per heavy atom. The van der Waals surface area contributed by atoms with E-state index in [-0.39, 0.29) is 12.1 Å². The number of hydrogen-bond donors (Lipinski definition) is 0. The van der Waals surface area contributed by atoms with E-state index in [1.807, 2.05) is 32.9 Å². The normalized spacial score (nSPS) is 14.7. The van der Waals surface area contributed by atoms with Crippen LogP contribution in [-0.4, -0.2) is 5.97 Å². The molecule has 0 aromatic heterocycles. The van der Waals surface area contributed by atoms with Gasteiger partial charge in [-0.1, -0.05) is 48.5 Å². The minimum atomic E-state index is -0.504. The molecule has 0 aliphatic heterocycles. The van der Waals surface area contributed by atoms with Crippen LogP contribution in [0.2, 0.25) is 0 Å². The molecule has 22 heavy (non-hydrogen) atoms. The van der Waals surface area contributed by atoms with Crippen LogP contribution in [0.4, 0.5) is 0 Å². The van der Waals surface area contributed by atoms with Crippen molar-refractivity contribution in [3.8, 4) is 0 Å². The summed E-state index contributed by atoms with van der Waals surface area (Å²) in [4.78, 5) is 12.4. The predicted octanol–water partition coefficient (Wildman–Crippen LogP) is 4.46. The van der Waals surface area contributed by atoms with Crippen molar-refractivity contribution in [2.45, 2.75) is 39.7 Å². The predicted molar refractivity (Wildman–Crippen MR) is 87.7 cm³/mol. The number of carbonyl (C=O) groups is 1. The van der Waals surface area contributed by atoms with Gasteiger partial charge in [0.1, 0.15) is 0 Å². The van der Waals surface area contributed by atoms with Crippen molar-refractivity contribution in [2.24, 2.45) is 5.41 Å². The highest BCUT2D eigenvalue weighted by Gasteiger charge is 2.31. The molecule has 0 saturated carbocycles. The third kappa shape index (κ3) is 2.78. The summed E-state index contributed by atoms with van der Waals surface area (Å²) in [5.41, 5.74) is 4.27. The number of ether oxygens (including phenoxy) is 1. The fraction of sp³-hybridized carbons (Fsp3) is 0.350. The van der Waals surface area contributed by atoms with Crippen LogP contribution in [0.1, 0.15) is 49.1 Å². The van der Waals surface area contributed by atoms with Crippen LogP contribution in [0.3, 0.4) is 0 Å². The Hall–Kier alpha value is -2.09. The van der Waals surface area contributed by atoms with Gasteiger partial charge in [-0.25, -0.2) is 0 Å². The number of aryl methyl sites for hydroxylation is 2. The molecule has 3 rings (SSSR count). The first-order valence-electron chi connectivity index (χ1n) is 7.83. The summed E-state index contributed by atoms with van der Waals surface area (Å²) in [5.74, 6) is -0.163. The first-order valence-corrected chi connectivity index (χ1v) is 7.83. The van der Waals surface area contributed by atoms with Crippen molar-refractivity contribution >= 4 is 5.97 Å². The topological polar surface area (TPSA) is 26.3 Å². The molecular weight excluding hydrogens is 272 g/mol. The third-order valence-electron chi connectivity index (χ3n) is 4.18. The maximum atomic E-state index is 12.4. The zero-order valence-electron chi connectivity index (χ0n) is 13.4. The van der Waals surface area contributed by atoms with Crippen molar-refractivity contribution in [3.63, 3.8) is 0 Å². The molecule has 0 radical (unpaired) electrons. The second-order valence-corrected chi connectivity index (χ2v) is 6.93. The van der Waals surface area contributed by atoms with Gasteiger partial charge < -0.3 is 4.74 Å². The van der Waals surface area contributed by atoms with E-state index in [4.69, 9.17) is 4.74 Å². The number of fused-ring (bicyclic) bond motifs is 2. The van der Waals surface area contributed by atoms with Gasteiger partial charge in [0.15, 0.2) is 6.10 Å². The van der Waals surface area contributed by atoms with Crippen LogP contribution in [0.25, 0.3) is 0 Å². The highest BCUT2D eigenvalue weighted by atomic mass is 16.5. The van der Waals surface area contributed by atoms with Gasteiger partial charge >= 0.3 is 5.97 Å². The monoisotopic (exact) mass is 294 g/mol.